The van der Waals surface area contributed by atoms with Crippen LogP contribution in [0, 0.1) is 6.92 Å². The minimum absolute atomic E-state index is 0.316. The van der Waals surface area contributed by atoms with Gasteiger partial charge in [-0.05, 0) is 24.6 Å². The Morgan fingerprint density at radius 1 is 1.38 bits per heavy atom. The summed E-state index contributed by atoms with van der Waals surface area (Å²) >= 11 is 16.6. The normalized spacial score (nSPS) is 10.5. The van der Waals surface area contributed by atoms with Gasteiger partial charge in [-0.15, -0.1) is 0 Å². The number of aryl methyl sites for hydroxylation is 1. The third-order valence-electron chi connectivity index (χ3n) is 1.66. The molecule has 0 N–H and O–H groups in total. The smallest absolute Gasteiger partial charge is 0.195 e. The van der Waals surface area contributed by atoms with Crippen LogP contribution in [-0.2, 0) is 0 Å². The van der Waals surface area contributed by atoms with Crippen LogP contribution in [0.3, 0.4) is 0 Å². The van der Waals surface area contributed by atoms with Crippen molar-refractivity contribution in [2.24, 2.45) is 0 Å². The largest absolute Gasteiger partial charge is 0.291 e. The summed E-state index contributed by atoms with van der Waals surface area (Å²) < 4.78 is 0. The van der Waals surface area contributed by atoms with Crippen molar-refractivity contribution in [2.45, 2.75) is 11.8 Å². The molecule has 4 heteroatoms. The van der Waals surface area contributed by atoms with Crippen molar-refractivity contribution < 1.29 is 4.79 Å². The van der Waals surface area contributed by atoms with Gasteiger partial charge in [-0.2, -0.15) is 0 Å². The molecule has 0 aliphatic rings. The average Bonchev–Trinajstić information content (AvgIpc) is 2.08. The molecule has 0 fully saturated rings. The fraction of sp³-hybridized carbons (Fsp3) is 0.222. The molecule has 0 saturated heterocycles. The topological polar surface area (TPSA) is 17.1 Å². The number of halogens is 3. The molecule has 1 rings (SSSR count). The number of alkyl halides is 2. The molecule has 0 aliphatic heterocycles. The molecule has 1 nitrogen and oxygen atoms in total. The van der Waals surface area contributed by atoms with E-state index < -0.39 is 4.84 Å². The highest BCUT2D eigenvalue weighted by Gasteiger charge is 2.16. The number of Topliss-reactive ketones (excluding diaryl/α,β-unsaturated/α-hetero) is 1. The summed E-state index contributed by atoms with van der Waals surface area (Å²) in [5.41, 5.74) is 1.29. The van der Waals surface area contributed by atoms with Crippen molar-refractivity contribution in [3.05, 3.63) is 34.3 Å². The minimum Gasteiger partial charge on any atom is -0.291 e. The van der Waals surface area contributed by atoms with E-state index in [2.05, 4.69) is 0 Å². The molecule has 0 amide bonds. The summed E-state index contributed by atoms with van der Waals surface area (Å²) in [6, 6.07) is 5.04. The Bertz CT molecular complexity index is 334. The molecule has 0 saturated carbocycles. The van der Waals surface area contributed by atoms with E-state index in [0.29, 0.717) is 10.6 Å². The zero-order chi connectivity index (χ0) is 10.0. The highest BCUT2D eigenvalue weighted by atomic mass is 35.5. The van der Waals surface area contributed by atoms with Crippen LogP contribution >= 0.6 is 34.8 Å². The number of hydrogen-bond acceptors (Lipinski definition) is 1. The van der Waals surface area contributed by atoms with Crippen LogP contribution in [-0.4, -0.2) is 10.6 Å². The Kier molecular flexibility index (Phi) is 3.60. The maximum absolute atomic E-state index is 11.4. The molecule has 13 heavy (non-hydrogen) atoms. The lowest BCUT2D eigenvalue weighted by Gasteiger charge is -2.05. The van der Waals surface area contributed by atoms with Gasteiger partial charge in [0.05, 0.1) is 0 Å². The minimum atomic E-state index is -1.03. The van der Waals surface area contributed by atoms with Crippen molar-refractivity contribution in [3.8, 4) is 0 Å². The van der Waals surface area contributed by atoms with Crippen LogP contribution in [0.15, 0.2) is 18.2 Å². The van der Waals surface area contributed by atoms with E-state index in [-0.39, 0.29) is 5.78 Å². The van der Waals surface area contributed by atoms with Gasteiger partial charge in [-0.3, -0.25) is 4.79 Å². The van der Waals surface area contributed by atoms with Crippen molar-refractivity contribution in [1.82, 2.24) is 0 Å². The van der Waals surface area contributed by atoms with E-state index in [1.54, 1.807) is 25.1 Å². The molecule has 1 aromatic carbocycles. The maximum atomic E-state index is 11.4. The summed E-state index contributed by atoms with van der Waals surface area (Å²) in [6.45, 7) is 1.81. The van der Waals surface area contributed by atoms with E-state index >= 15 is 0 Å². The van der Waals surface area contributed by atoms with Crippen LogP contribution in [0.2, 0.25) is 5.02 Å². The van der Waals surface area contributed by atoms with Crippen LogP contribution in [0.5, 0.6) is 0 Å². The first-order chi connectivity index (χ1) is 6.02. The molecule has 0 bridgehead atoms. The fourth-order valence-corrected chi connectivity index (χ4v) is 1.38. The molecule has 0 aromatic heterocycles. The first kappa shape index (κ1) is 10.8. The van der Waals surface area contributed by atoms with Crippen LogP contribution in [0.1, 0.15) is 15.9 Å². The summed E-state index contributed by atoms with van der Waals surface area (Å²) in [5.74, 6) is -0.316. The number of carbonyl (C=O) groups excluding carboxylic acids is 1. The Morgan fingerprint density at radius 2 is 2.00 bits per heavy atom. The van der Waals surface area contributed by atoms with Gasteiger partial charge in [-0.1, -0.05) is 40.9 Å². The second kappa shape index (κ2) is 4.32. The van der Waals surface area contributed by atoms with E-state index in [4.69, 9.17) is 34.8 Å². The first-order valence-electron chi connectivity index (χ1n) is 3.61. The van der Waals surface area contributed by atoms with E-state index in [9.17, 15) is 4.79 Å². The molecule has 0 aliphatic carbocycles. The van der Waals surface area contributed by atoms with Gasteiger partial charge < -0.3 is 0 Å². The van der Waals surface area contributed by atoms with Gasteiger partial charge in [0.15, 0.2) is 10.6 Å². The van der Waals surface area contributed by atoms with Gasteiger partial charge in [0, 0.05) is 10.6 Å². The predicted octanol–water partition coefficient (Wildman–Crippen LogP) is 3.63. The number of carbonyl (C=O) groups is 1. The molecule has 0 radical (unpaired) electrons. The highest BCUT2D eigenvalue weighted by Crippen LogP contribution is 2.19. The standard InChI is InChI=1S/C9H7Cl3O/c1-5-2-3-6(10)4-7(5)8(13)9(11)12/h2-4,9H,1H3. The van der Waals surface area contributed by atoms with Gasteiger partial charge in [0.1, 0.15) is 0 Å². The zero-order valence-corrected chi connectivity index (χ0v) is 9.12. The van der Waals surface area contributed by atoms with E-state index in [0.717, 1.165) is 5.56 Å². The van der Waals surface area contributed by atoms with E-state index in [1.165, 1.54) is 0 Å². The molecule has 70 valence electrons. The Hall–Kier alpha value is -0.240. The van der Waals surface area contributed by atoms with Crippen LogP contribution < -0.4 is 0 Å². The molecule has 1 aromatic rings. The Balaban J connectivity index is 3.13. The van der Waals surface area contributed by atoms with Gasteiger partial charge >= 0.3 is 0 Å². The van der Waals surface area contributed by atoms with Crippen molar-refractivity contribution >= 4 is 40.6 Å². The number of hydrogen-bond donors (Lipinski definition) is 0. The molecule has 0 unspecified atom stereocenters. The van der Waals surface area contributed by atoms with Crippen LogP contribution in [0.4, 0.5) is 0 Å². The van der Waals surface area contributed by atoms with Crippen LogP contribution in [0.25, 0.3) is 0 Å². The number of rotatable bonds is 2. The molecule has 0 atom stereocenters. The highest BCUT2D eigenvalue weighted by molar-refractivity contribution is 6.55. The Morgan fingerprint density at radius 3 is 2.54 bits per heavy atom. The lowest BCUT2D eigenvalue weighted by Crippen LogP contribution is -2.09. The van der Waals surface area contributed by atoms with Crippen molar-refractivity contribution in [3.63, 3.8) is 0 Å². The second-order valence-corrected chi connectivity index (χ2v) is 4.16. The lowest BCUT2D eigenvalue weighted by molar-refractivity contribution is 0.101. The monoisotopic (exact) mass is 236 g/mol. The molecule has 0 spiro atoms. The lowest BCUT2D eigenvalue weighted by atomic mass is 10.1. The zero-order valence-electron chi connectivity index (χ0n) is 6.85. The predicted molar refractivity (Wildman–Crippen MR) is 56.0 cm³/mol. The van der Waals surface area contributed by atoms with Crippen molar-refractivity contribution in [1.29, 1.82) is 0 Å². The van der Waals surface area contributed by atoms with Gasteiger partial charge in [0.25, 0.3) is 0 Å². The summed E-state index contributed by atoms with van der Waals surface area (Å²) in [5, 5.41) is 0.503. The Labute approximate surface area is 91.6 Å². The third-order valence-corrected chi connectivity index (χ3v) is 2.29. The summed E-state index contributed by atoms with van der Waals surface area (Å²) in [4.78, 5) is 10.4. The maximum Gasteiger partial charge on any atom is 0.195 e. The van der Waals surface area contributed by atoms with Gasteiger partial charge in [0.2, 0.25) is 0 Å². The number of benzene rings is 1. The average molecular weight is 238 g/mol. The third kappa shape index (κ3) is 2.60. The first-order valence-corrected chi connectivity index (χ1v) is 4.86. The van der Waals surface area contributed by atoms with Crippen molar-refractivity contribution in [2.75, 3.05) is 0 Å². The molecular weight excluding hydrogens is 230 g/mol. The number of ketones is 1. The molecule has 0 heterocycles. The quantitative estimate of drug-likeness (QED) is 0.567. The SMILES string of the molecule is Cc1ccc(Cl)cc1C(=O)C(Cl)Cl. The molecular formula is C9H7Cl3O. The van der Waals surface area contributed by atoms with E-state index in [1.807, 2.05) is 0 Å². The second-order valence-electron chi connectivity index (χ2n) is 2.62. The van der Waals surface area contributed by atoms with Gasteiger partial charge in [-0.25, -0.2) is 0 Å². The summed E-state index contributed by atoms with van der Waals surface area (Å²) in [6.07, 6.45) is 0. The summed E-state index contributed by atoms with van der Waals surface area (Å²) in [7, 11) is 0. The fourth-order valence-electron chi connectivity index (χ4n) is 0.977.